The summed E-state index contributed by atoms with van der Waals surface area (Å²) in [6, 6.07) is 11.9. The van der Waals surface area contributed by atoms with Crippen LogP contribution in [0.25, 0.3) is 10.9 Å². The van der Waals surface area contributed by atoms with Crippen LogP contribution in [0, 0.1) is 13.8 Å². The molecule has 5 nitrogen and oxygen atoms in total. The number of aromatic nitrogens is 2. The first-order chi connectivity index (χ1) is 11.1. The summed E-state index contributed by atoms with van der Waals surface area (Å²) in [6.45, 7) is 3.84. The summed E-state index contributed by atoms with van der Waals surface area (Å²) in [4.78, 5) is 16.4. The van der Waals surface area contributed by atoms with Gasteiger partial charge in [-0.15, -0.1) is 0 Å². The largest absolute Gasteiger partial charge is 0.461 e. The van der Waals surface area contributed by atoms with Gasteiger partial charge in [-0.3, -0.25) is 9.78 Å². The molecule has 0 atom stereocenters. The molecule has 1 aromatic carbocycles. The van der Waals surface area contributed by atoms with E-state index in [9.17, 15) is 4.79 Å². The lowest BCUT2D eigenvalue weighted by molar-refractivity contribution is -0.144. The van der Waals surface area contributed by atoms with E-state index >= 15 is 0 Å². The molecule has 0 saturated heterocycles. The van der Waals surface area contributed by atoms with Gasteiger partial charge in [0.1, 0.15) is 12.4 Å². The van der Waals surface area contributed by atoms with Crippen molar-refractivity contribution in [3.8, 4) is 0 Å². The highest BCUT2D eigenvalue weighted by Gasteiger charge is 2.12. The predicted molar refractivity (Wildman–Crippen MR) is 85.8 cm³/mol. The number of hydrogen-bond donors (Lipinski definition) is 0. The number of fused-ring (bicyclic) bond motifs is 1. The van der Waals surface area contributed by atoms with Crippen LogP contribution in [-0.4, -0.2) is 16.1 Å². The molecule has 0 aliphatic heterocycles. The van der Waals surface area contributed by atoms with E-state index < -0.39 is 0 Å². The van der Waals surface area contributed by atoms with Crippen molar-refractivity contribution >= 4 is 16.9 Å². The number of pyridine rings is 1. The molecule has 0 amide bonds. The Bertz CT molecular complexity index is 820. The highest BCUT2D eigenvalue weighted by molar-refractivity contribution is 5.78. The molecule has 0 N–H and O–H groups in total. The summed E-state index contributed by atoms with van der Waals surface area (Å²) in [5.41, 5.74) is 3.42. The van der Waals surface area contributed by atoms with Gasteiger partial charge in [0.25, 0.3) is 0 Å². The van der Waals surface area contributed by atoms with Gasteiger partial charge in [-0.2, -0.15) is 0 Å². The lowest BCUT2D eigenvalue weighted by Gasteiger charge is -2.05. The van der Waals surface area contributed by atoms with Crippen LogP contribution in [0.3, 0.4) is 0 Å². The van der Waals surface area contributed by atoms with Gasteiger partial charge in [0.15, 0.2) is 0 Å². The smallest absolute Gasteiger partial charge is 0.306 e. The third-order valence-electron chi connectivity index (χ3n) is 3.80. The lowest BCUT2D eigenvalue weighted by atomic mass is 10.1. The number of rotatable bonds is 5. The zero-order valence-electron chi connectivity index (χ0n) is 13.2. The molecule has 3 rings (SSSR count). The molecule has 0 bridgehead atoms. The van der Waals surface area contributed by atoms with Gasteiger partial charge in [0.2, 0.25) is 0 Å². The Morgan fingerprint density at radius 2 is 2.00 bits per heavy atom. The number of hydrogen-bond acceptors (Lipinski definition) is 5. The fourth-order valence-electron chi connectivity index (χ4n) is 2.41. The van der Waals surface area contributed by atoms with Crippen LogP contribution in [0.4, 0.5) is 0 Å². The number of para-hydroxylation sites is 1. The molecule has 23 heavy (non-hydrogen) atoms. The van der Waals surface area contributed by atoms with Crippen LogP contribution in [0.1, 0.15) is 29.1 Å². The number of carbonyl (C=O) groups excluding carboxylic acids is 1. The lowest BCUT2D eigenvalue weighted by Crippen LogP contribution is -2.07. The van der Waals surface area contributed by atoms with Crippen molar-refractivity contribution in [3.63, 3.8) is 0 Å². The van der Waals surface area contributed by atoms with Crippen LogP contribution in [0.5, 0.6) is 0 Å². The minimum Gasteiger partial charge on any atom is -0.461 e. The quantitative estimate of drug-likeness (QED) is 0.675. The Kier molecular flexibility index (Phi) is 4.37. The molecule has 0 unspecified atom stereocenters. The number of aryl methyl sites for hydroxylation is 3. The number of carbonyl (C=O) groups is 1. The Labute approximate surface area is 134 Å². The Morgan fingerprint density at radius 1 is 1.17 bits per heavy atom. The molecule has 118 valence electrons. The van der Waals surface area contributed by atoms with E-state index in [0.29, 0.717) is 18.6 Å². The molecular formula is C18H18N2O3. The second kappa shape index (κ2) is 6.60. The number of nitrogens with zero attached hydrogens (tertiary/aromatic N) is 2. The highest BCUT2D eigenvalue weighted by atomic mass is 16.5. The van der Waals surface area contributed by atoms with Crippen LogP contribution in [-0.2, 0) is 22.6 Å². The minimum absolute atomic E-state index is 0.200. The first-order valence-corrected chi connectivity index (χ1v) is 7.55. The third kappa shape index (κ3) is 3.56. The van der Waals surface area contributed by atoms with Crippen molar-refractivity contribution in [2.75, 3.05) is 0 Å². The number of esters is 1. The molecule has 0 aliphatic rings. The van der Waals surface area contributed by atoms with Gasteiger partial charge in [-0.05, 0) is 26.0 Å². The van der Waals surface area contributed by atoms with Crippen molar-refractivity contribution in [1.29, 1.82) is 0 Å². The zero-order chi connectivity index (χ0) is 16.2. The van der Waals surface area contributed by atoms with E-state index in [1.165, 1.54) is 0 Å². The van der Waals surface area contributed by atoms with E-state index in [4.69, 9.17) is 9.26 Å². The van der Waals surface area contributed by atoms with Crippen molar-refractivity contribution in [1.82, 2.24) is 10.1 Å². The van der Waals surface area contributed by atoms with Gasteiger partial charge in [0, 0.05) is 17.5 Å². The first-order valence-electron chi connectivity index (χ1n) is 7.55. The van der Waals surface area contributed by atoms with E-state index in [1.54, 1.807) is 0 Å². The SMILES string of the molecule is Cc1noc(C)c1COC(=O)CCc1ccc2ccccc2n1. The maximum atomic E-state index is 11.9. The number of ether oxygens (including phenoxy) is 1. The van der Waals surface area contributed by atoms with Gasteiger partial charge < -0.3 is 9.26 Å². The summed E-state index contributed by atoms with van der Waals surface area (Å²) in [6.07, 6.45) is 0.861. The fraction of sp³-hybridized carbons (Fsp3) is 0.278. The second-order valence-electron chi connectivity index (χ2n) is 5.46. The van der Waals surface area contributed by atoms with Gasteiger partial charge >= 0.3 is 5.97 Å². The van der Waals surface area contributed by atoms with E-state index in [1.807, 2.05) is 50.2 Å². The summed E-state index contributed by atoms with van der Waals surface area (Å²) in [7, 11) is 0. The Hall–Kier alpha value is -2.69. The van der Waals surface area contributed by atoms with Crippen LogP contribution in [0.2, 0.25) is 0 Å². The number of benzene rings is 1. The molecule has 5 heteroatoms. The summed E-state index contributed by atoms with van der Waals surface area (Å²) >= 11 is 0. The third-order valence-corrected chi connectivity index (χ3v) is 3.80. The van der Waals surface area contributed by atoms with Gasteiger partial charge in [-0.1, -0.05) is 29.4 Å². The summed E-state index contributed by atoms with van der Waals surface area (Å²) in [5.74, 6) is 0.437. The second-order valence-corrected chi connectivity index (χ2v) is 5.46. The van der Waals surface area contributed by atoms with Crippen molar-refractivity contribution in [3.05, 3.63) is 59.1 Å². The fourth-order valence-corrected chi connectivity index (χ4v) is 2.41. The highest BCUT2D eigenvalue weighted by Crippen LogP contribution is 2.15. The normalized spacial score (nSPS) is 10.9. The monoisotopic (exact) mass is 310 g/mol. The van der Waals surface area contributed by atoms with Crippen LogP contribution < -0.4 is 0 Å². The molecule has 0 aliphatic carbocycles. The van der Waals surface area contributed by atoms with Crippen molar-refractivity contribution < 1.29 is 14.1 Å². The summed E-state index contributed by atoms with van der Waals surface area (Å²) in [5, 5.41) is 4.93. The van der Waals surface area contributed by atoms with Crippen molar-refractivity contribution in [2.24, 2.45) is 0 Å². The zero-order valence-corrected chi connectivity index (χ0v) is 13.2. The Balaban J connectivity index is 1.55. The molecule has 2 heterocycles. The molecule has 2 aromatic heterocycles. The Morgan fingerprint density at radius 3 is 2.78 bits per heavy atom. The molecule has 0 radical (unpaired) electrons. The first kappa shape index (κ1) is 15.2. The maximum absolute atomic E-state index is 11.9. The van der Waals surface area contributed by atoms with E-state index in [-0.39, 0.29) is 12.6 Å². The van der Waals surface area contributed by atoms with Crippen LogP contribution in [0.15, 0.2) is 40.9 Å². The van der Waals surface area contributed by atoms with Crippen LogP contribution >= 0.6 is 0 Å². The molecular weight excluding hydrogens is 292 g/mol. The van der Waals surface area contributed by atoms with E-state index in [0.717, 1.165) is 27.9 Å². The molecule has 3 aromatic rings. The van der Waals surface area contributed by atoms with Gasteiger partial charge in [0.05, 0.1) is 23.2 Å². The van der Waals surface area contributed by atoms with E-state index in [2.05, 4.69) is 10.1 Å². The van der Waals surface area contributed by atoms with Gasteiger partial charge in [-0.25, -0.2) is 0 Å². The predicted octanol–water partition coefficient (Wildman–Crippen LogP) is 3.52. The minimum atomic E-state index is -0.250. The summed E-state index contributed by atoms with van der Waals surface area (Å²) < 4.78 is 10.3. The van der Waals surface area contributed by atoms with Crippen molar-refractivity contribution in [2.45, 2.75) is 33.3 Å². The maximum Gasteiger partial charge on any atom is 0.306 e. The topological polar surface area (TPSA) is 65.2 Å². The molecule has 0 fully saturated rings. The standard InChI is InChI=1S/C18H18N2O3/c1-12-16(13(2)23-20-12)11-22-18(21)10-9-15-8-7-14-5-3-4-6-17(14)19-15/h3-8H,9-11H2,1-2H3. The average Bonchev–Trinajstić information content (AvgIpc) is 2.89. The molecule has 0 saturated carbocycles. The molecule has 0 spiro atoms. The average molecular weight is 310 g/mol.